The third kappa shape index (κ3) is 3.01. The number of aromatic nitrogens is 3. The molecule has 7 heteroatoms. The molecule has 2 aliphatic rings. The molecule has 5 rings (SSSR count). The van der Waals surface area contributed by atoms with Gasteiger partial charge in [-0.2, -0.15) is 4.98 Å². The van der Waals surface area contributed by atoms with Crippen LogP contribution < -0.4 is 5.32 Å². The Morgan fingerprint density at radius 3 is 2.53 bits per heavy atom. The van der Waals surface area contributed by atoms with Crippen LogP contribution in [0.25, 0.3) is 11.4 Å². The number of Topliss-reactive ketones (excluding diaryl/α,β-unsaturated/α-hetero) is 1. The van der Waals surface area contributed by atoms with Crippen molar-refractivity contribution in [2.24, 2.45) is 5.41 Å². The van der Waals surface area contributed by atoms with Gasteiger partial charge in [0.05, 0.1) is 5.56 Å². The fraction of sp³-hybridized carbons (Fsp3) is 0.261. The van der Waals surface area contributed by atoms with Gasteiger partial charge in [0.1, 0.15) is 17.7 Å². The van der Waals surface area contributed by atoms with E-state index in [1.54, 1.807) is 35.0 Å². The van der Waals surface area contributed by atoms with Gasteiger partial charge in [0, 0.05) is 17.7 Å². The largest absolute Gasteiger partial charge is 0.328 e. The maximum absolute atomic E-state index is 14.3. The van der Waals surface area contributed by atoms with Gasteiger partial charge in [0.15, 0.2) is 11.6 Å². The van der Waals surface area contributed by atoms with Gasteiger partial charge in [-0.3, -0.25) is 4.79 Å². The number of ketones is 1. The van der Waals surface area contributed by atoms with E-state index in [9.17, 15) is 13.6 Å². The van der Waals surface area contributed by atoms with Crippen molar-refractivity contribution in [2.75, 3.05) is 5.32 Å². The highest BCUT2D eigenvalue weighted by molar-refractivity contribution is 6.00. The summed E-state index contributed by atoms with van der Waals surface area (Å²) in [6.07, 6.45) is 1.09. The fourth-order valence-corrected chi connectivity index (χ4v) is 4.32. The Morgan fingerprint density at radius 1 is 1.07 bits per heavy atom. The number of hydrogen-bond acceptors (Lipinski definition) is 4. The fourth-order valence-electron chi connectivity index (χ4n) is 4.32. The Labute approximate surface area is 172 Å². The van der Waals surface area contributed by atoms with E-state index < -0.39 is 11.9 Å². The first kappa shape index (κ1) is 18.7. The van der Waals surface area contributed by atoms with Gasteiger partial charge in [-0.05, 0) is 41.7 Å². The Morgan fingerprint density at radius 2 is 1.80 bits per heavy atom. The molecule has 1 unspecified atom stereocenters. The molecular weight excluding hydrogens is 386 g/mol. The van der Waals surface area contributed by atoms with Crippen LogP contribution in [0.1, 0.15) is 38.3 Å². The van der Waals surface area contributed by atoms with E-state index in [0.29, 0.717) is 24.4 Å². The predicted octanol–water partition coefficient (Wildman–Crippen LogP) is 4.88. The number of benzene rings is 2. The molecule has 0 radical (unpaired) electrons. The third-order valence-electron chi connectivity index (χ3n) is 5.63. The van der Waals surface area contributed by atoms with Crippen LogP contribution in [0, 0.1) is 17.0 Å². The summed E-state index contributed by atoms with van der Waals surface area (Å²) in [5.74, 6) is -0.0877. The maximum Gasteiger partial charge on any atom is 0.226 e. The molecule has 1 atom stereocenters. The van der Waals surface area contributed by atoms with Gasteiger partial charge in [0.2, 0.25) is 5.95 Å². The zero-order valence-corrected chi connectivity index (χ0v) is 16.6. The van der Waals surface area contributed by atoms with Crippen LogP contribution in [0.15, 0.2) is 59.8 Å². The number of anilines is 1. The summed E-state index contributed by atoms with van der Waals surface area (Å²) in [5.41, 5.74) is 2.23. The quantitative estimate of drug-likeness (QED) is 0.659. The summed E-state index contributed by atoms with van der Waals surface area (Å²) in [5, 5.41) is 7.80. The summed E-state index contributed by atoms with van der Waals surface area (Å²) in [6.45, 7) is 4.10. The lowest BCUT2D eigenvalue weighted by Gasteiger charge is -2.38. The molecule has 30 heavy (non-hydrogen) atoms. The van der Waals surface area contributed by atoms with E-state index >= 15 is 0 Å². The van der Waals surface area contributed by atoms with Crippen molar-refractivity contribution in [3.05, 3.63) is 77.0 Å². The first-order valence-corrected chi connectivity index (χ1v) is 9.82. The smallest absolute Gasteiger partial charge is 0.226 e. The molecule has 0 spiro atoms. The second-order valence-corrected chi connectivity index (χ2v) is 8.60. The average Bonchev–Trinajstić information content (AvgIpc) is 3.10. The lowest BCUT2D eigenvalue weighted by atomic mass is 9.73. The van der Waals surface area contributed by atoms with Gasteiger partial charge < -0.3 is 5.32 Å². The summed E-state index contributed by atoms with van der Waals surface area (Å²) < 4.78 is 29.5. The number of carbonyl (C=O) groups excluding carboxylic acids is 1. The van der Waals surface area contributed by atoms with Crippen LogP contribution in [0.4, 0.5) is 14.7 Å². The number of hydrogen-bond donors (Lipinski definition) is 1. The Kier molecular flexibility index (Phi) is 4.10. The van der Waals surface area contributed by atoms with E-state index in [2.05, 4.69) is 15.4 Å². The summed E-state index contributed by atoms with van der Waals surface area (Å²) in [7, 11) is 0. The molecule has 2 aromatic carbocycles. The van der Waals surface area contributed by atoms with Crippen LogP contribution in [-0.4, -0.2) is 20.5 Å². The van der Waals surface area contributed by atoms with Crippen molar-refractivity contribution in [1.29, 1.82) is 0 Å². The molecule has 0 amide bonds. The van der Waals surface area contributed by atoms with Crippen molar-refractivity contribution in [3.63, 3.8) is 0 Å². The molecule has 0 saturated carbocycles. The number of nitrogens with zero attached hydrogens (tertiary/aromatic N) is 3. The van der Waals surface area contributed by atoms with Gasteiger partial charge in [-0.15, -0.1) is 5.10 Å². The standard InChI is InChI=1S/C23H20F2N4O/c1-23(2)11-17-19(18(30)12-23)20(13-7-9-14(24)10-8-13)29-22(26-17)27-21(28-29)15-5-3-4-6-16(15)25/h3-10,20H,11-12H2,1-2H3,(H,26,27,28). The normalized spacial score (nSPS) is 19.9. The zero-order valence-electron chi connectivity index (χ0n) is 16.6. The van der Waals surface area contributed by atoms with Gasteiger partial charge in [-0.25, -0.2) is 13.5 Å². The minimum atomic E-state index is -0.548. The number of fused-ring (bicyclic) bond motifs is 1. The number of rotatable bonds is 2. The highest BCUT2D eigenvalue weighted by atomic mass is 19.1. The van der Waals surface area contributed by atoms with E-state index in [1.807, 2.05) is 13.8 Å². The van der Waals surface area contributed by atoms with Crippen LogP contribution in [0.3, 0.4) is 0 Å². The molecule has 1 aliphatic heterocycles. The lowest BCUT2D eigenvalue weighted by molar-refractivity contribution is -0.118. The van der Waals surface area contributed by atoms with Crippen molar-refractivity contribution < 1.29 is 13.6 Å². The molecule has 152 valence electrons. The predicted molar refractivity (Wildman–Crippen MR) is 109 cm³/mol. The minimum Gasteiger partial charge on any atom is -0.328 e. The van der Waals surface area contributed by atoms with E-state index in [4.69, 9.17) is 0 Å². The minimum absolute atomic E-state index is 0.0247. The van der Waals surface area contributed by atoms with Gasteiger partial charge in [-0.1, -0.05) is 38.1 Å². The van der Waals surface area contributed by atoms with E-state index in [1.165, 1.54) is 18.2 Å². The molecular formula is C23H20F2N4O. The molecule has 1 aliphatic carbocycles. The number of carbonyl (C=O) groups is 1. The number of nitrogens with one attached hydrogen (secondary N) is 1. The maximum atomic E-state index is 14.3. The molecule has 1 N–H and O–H groups in total. The van der Waals surface area contributed by atoms with Crippen LogP contribution >= 0.6 is 0 Å². The second-order valence-electron chi connectivity index (χ2n) is 8.60. The van der Waals surface area contributed by atoms with Crippen LogP contribution in [0.5, 0.6) is 0 Å². The van der Waals surface area contributed by atoms with Crippen molar-refractivity contribution in [1.82, 2.24) is 14.8 Å². The number of allylic oxidation sites excluding steroid dienone is 2. The molecule has 1 aromatic heterocycles. The summed E-state index contributed by atoms with van der Waals surface area (Å²) in [4.78, 5) is 17.7. The monoisotopic (exact) mass is 406 g/mol. The van der Waals surface area contributed by atoms with E-state index in [-0.39, 0.29) is 28.4 Å². The van der Waals surface area contributed by atoms with E-state index in [0.717, 1.165) is 11.3 Å². The first-order valence-electron chi connectivity index (χ1n) is 9.82. The van der Waals surface area contributed by atoms with Crippen molar-refractivity contribution >= 4 is 11.7 Å². The van der Waals surface area contributed by atoms with Crippen molar-refractivity contribution in [3.8, 4) is 11.4 Å². The molecule has 5 nitrogen and oxygen atoms in total. The summed E-state index contributed by atoms with van der Waals surface area (Å²) in [6, 6.07) is 11.8. The van der Waals surface area contributed by atoms with Gasteiger partial charge >= 0.3 is 0 Å². The molecule has 2 heterocycles. The van der Waals surface area contributed by atoms with Crippen molar-refractivity contribution in [2.45, 2.75) is 32.7 Å². The third-order valence-corrected chi connectivity index (χ3v) is 5.63. The Hall–Kier alpha value is -3.35. The zero-order chi connectivity index (χ0) is 21.0. The Bertz CT molecular complexity index is 1190. The van der Waals surface area contributed by atoms with Gasteiger partial charge in [0.25, 0.3) is 0 Å². The first-order chi connectivity index (χ1) is 14.3. The Balaban J connectivity index is 1.69. The van der Waals surface area contributed by atoms with Crippen LogP contribution in [0.2, 0.25) is 0 Å². The summed E-state index contributed by atoms with van der Waals surface area (Å²) >= 11 is 0. The topological polar surface area (TPSA) is 59.8 Å². The SMILES string of the molecule is CC1(C)CC(=O)C2=C(C1)Nc1nc(-c3ccccc3F)nn1C2c1ccc(F)cc1. The highest BCUT2D eigenvalue weighted by Gasteiger charge is 2.42. The van der Waals surface area contributed by atoms with Crippen LogP contribution in [-0.2, 0) is 4.79 Å². The number of halogens is 2. The highest BCUT2D eigenvalue weighted by Crippen LogP contribution is 2.45. The molecule has 0 saturated heterocycles. The molecule has 3 aromatic rings. The second kappa shape index (κ2) is 6.58. The lowest BCUT2D eigenvalue weighted by Crippen LogP contribution is -2.36. The molecule has 0 fully saturated rings. The average molecular weight is 406 g/mol. The molecule has 0 bridgehead atoms.